The molecule has 0 amide bonds. The number of methoxy groups -OCH3 is 2. The maximum Gasteiger partial charge on any atom is 0.121 e. The number of benzene rings is 2. The number of hydrogen-bond acceptors (Lipinski definition) is 2. The Bertz CT molecular complexity index is 694. The van der Waals surface area contributed by atoms with E-state index >= 15 is 0 Å². The molecule has 2 nitrogen and oxygen atoms in total. The van der Waals surface area contributed by atoms with Crippen LogP contribution in [0.25, 0.3) is 0 Å². The van der Waals surface area contributed by atoms with Gasteiger partial charge in [0.1, 0.15) is 11.5 Å². The molecule has 0 aliphatic heterocycles. The van der Waals surface area contributed by atoms with Crippen LogP contribution in [0.5, 0.6) is 11.5 Å². The third kappa shape index (κ3) is 4.86. The first-order valence-electron chi connectivity index (χ1n) is 10.2. The van der Waals surface area contributed by atoms with Crippen molar-refractivity contribution < 1.29 is 9.47 Å². The molecule has 0 aliphatic rings. The second-order valence-electron chi connectivity index (χ2n) is 8.13. The van der Waals surface area contributed by atoms with Crippen LogP contribution in [0.3, 0.4) is 0 Å². The topological polar surface area (TPSA) is 18.5 Å². The molecular formula is C25H36O2. The molecular weight excluding hydrogens is 332 g/mol. The zero-order valence-electron chi connectivity index (χ0n) is 18.2. The van der Waals surface area contributed by atoms with Gasteiger partial charge in [-0.2, -0.15) is 0 Å². The second kappa shape index (κ2) is 9.30. The van der Waals surface area contributed by atoms with E-state index in [0.29, 0.717) is 0 Å². The summed E-state index contributed by atoms with van der Waals surface area (Å²) in [4.78, 5) is 0. The molecule has 1 unspecified atom stereocenters. The fraction of sp³-hybridized carbons (Fsp3) is 0.520. The molecule has 0 radical (unpaired) electrons. The minimum absolute atomic E-state index is 0.0317. The average molecular weight is 369 g/mol. The molecule has 0 N–H and O–H groups in total. The van der Waals surface area contributed by atoms with Gasteiger partial charge in [0.2, 0.25) is 0 Å². The van der Waals surface area contributed by atoms with Crippen molar-refractivity contribution in [2.45, 2.75) is 65.7 Å². The van der Waals surface area contributed by atoms with E-state index in [1.54, 1.807) is 14.2 Å². The molecule has 0 heterocycles. The summed E-state index contributed by atoms with van der Waals surface area (Å²) >= 11 is 0. The summed E-state index contributed by atoms with van der Waals surface area (Å²) in [6.45, 7) is 11.3. The van der Waals surface area contributed by atoms with Crippen LogP contribution in [0.15, 0.2) is 36.4 Å². The molecule has 2 heteroatoms. The monoisotopic (exact) mass is 368 g/mol. The van der Waals surface area contributed by atoms with Gasteiger partial charge < -0.3 is 9.47 Å². The normalized spacial score (nSPS) is 12.7. The first-order valence-corrected chi connectivity index (χ1v) is 10.2. The van der Waals surface area contributed by atoms with Gasteiger partial charge in [-0.25, -0.2) is 0 Å². The maximum atomic E-state index is 5.48. The highest BCUT2D eigenvalue weighted by molar-refractivity contribution is 5.47. The van der Waals surface area contributed by atoms with Crippen LogP contribution in [0.4, 0.5) is 0 Å². The summed E-state index contributed by atoms with van der Waals surface area (Å²) in [6, 6.07) is 13.3. The fourth-order valence-corrected chi connectivity index (χ4v) is 4.07. The molecule has 2 aromatic carbocycles. The molecule has 148 valence electrons. The van der Waals surface area contributed by atoms with E-state index in [4.69, 9.17) is 9.47 Å². The summed E-state index contributed by atoms with van der Waals surface area (Å²) in [5.74, 6) is 2.64. The first-order chi connectivity index (χ1) is 12.8. The minimum Gasteiger partial charge on any atom is -0.496 e. The van der Waals surface area contributed by atoms with Crippen LogP contribution in [0.2, 0.25) is 0 Å². The highest BCUT2D eigenvalue weighted by Gasteiger charge is 2.30. The van der Waals surface area contributed by atoms with Crippen LogP contribution in [0.1, 0.15) is 68.7 Å². The van der Waals surface area contributed by atoms with Crippen LogP contribution in [-0.2, 0) is 5.41 Å². The van der Waals surface area contributed by atoms with Crippen molar-refractivity contribution in [3.63, 3.8) is 0 Å². The van der Waals surface area contributed by atoms with Crippen molar-refractivity contribution in [2.24, 2.45) is 5.92 Å². The van der Waals surface area contributed by atoms with Gasteiger partial charge in [-0.3, -0.25) is 0 Å². The van der Waals surface area contributed by atoms with E-state index in [2.05, 4.69) is 71.0 Å². The fourth-order valence-electron chi connectivity index (χ4n) is 4.07. The Hall–Kier alpha value is -1.96. The molecule has 0 fully saturated rings. The largest absolute Gasteiger partial charge is 0.496 e. The number of aryl methyl sites for hydroxylation is 2. The van der Waals surface area contributed by atoms with Gasteiger partial charge in [0.05, 0.1) is 14.2 Å². The van der Waals surface area contributed by atoms with E-state index in [1.807, 2.05) is 0 Å². The molecule has 0 spiro atoms. The summed E-state index contributed by atoms with van der Waals surface area (Å²) in [7, 11) is 3.47. The molecule has 2 aromatic rings. The Balaban J connectivity index is 2.47. The first kappa shape index (κ1) is 21.3. The summed E-state index contributed by atoms with van der Waals surface area (Å²) < 4.78 is 11.0. The third-order valence-electron chi connectivity index (χ3n) is 5.98. The predicted molar refractivity (Wildman–Crippen MR) is 115 cm³/mol. The molecule has 0 aromatic heterocycles. The lowest BCUT2D eigenvalue weighted by Crippen LogP contribution is -2.25. The summed E-state index contributed by atoms with van der Waals surface area (Å²) in [5, 5.41) is 0. The molecule has 2 rings (SSSR count). The van der Waals surface area contributed by atoms with Crippen molar-refractivity contribution in [2.75, 3.05) is 14.2 Å². The standard InChI is InChI=1S/C25H36O2/c1-8-9-18(2)14-15-25(5,21-10-12-23(26-6)19(3)16-21)22-11-13-24(27-7)20(4)17-22/h10-13,16-18H,8-9,14-15H2,1-7H3. The number of ether oxygens (including phenoxy) is 2. The van der Waals surface area contributed by atoms with Crippen LogP contribution in [-0.4, -0.2) is 14.2 Å². The molecule has 0 saturated heterocycles. The highest BCUT2D eigenvalue weighted by atomic mass is 16.5. The van der Waals surface area contributed by atoms with Gasteiger partial charge in [0, 0.05) is 5.41 Å². The quantitative estimate of drug-likeness (QED) is 0.482. The lowest BCUT2D eigenvalue weighted by molar-refractivity contribution is 0.396. The lowest BCUT2D eigenvalue weighted by atomic mass is 9.71. The Morgan fingerprint density at radius 1 is 0.852 bits per heavy atom. The van der Waals surface area contributed by atoms with E-state index in [-0.39, 0.29) is 5.41 Å². The van der Waals surface area contributed by atoms with Crippen LogP contribution < -0.4 is 9.47 Å². The highest BCUT2D eigenvalue weighted by Crippen LogP contribution is 2.40. The Kier molecular flexibility index (Phi) is 7.35. The van der Waals surface area contributed by atoms with E-state index in [0.717, 1.165) is 23.8 Å². The molecule has 0 saturated carbocycles. The van der Waals surface area contributed by atoms with Gasteiger partial charge in [0.15, 0.2) is 0 Å². The smallest absolute Gasteiger partial charge is 0.121 e. The van der Waals surface area contributed by atoms with Crippen LogP contribution >= 0.6 is 0 Å². The average Bonchev–Trinajstić information content (AvgIpc) is 2.66. The van der Waals surface area contributed by atoms with Crippen molar-refractivity contribution in [3.05, 3.63) is 58.7 Å². The lowest BCUT2D eigenvalue weighted by Gasteiger charge is -2.33. The second-order valence-corrected chi connectivity index (χ2v) is 8.13. The van der Waals surface area contributed by atoms with Gasteiger partial charge in [-0.05, 0) is 67.0 Å². The van der Waals surface area contributed by atoms with Gasteiger partial charge in [0.25, 0.3) is 0 Å². The van der Waals surface area contributed by atoms with E-state index in [9.17, 15) is 0 Å². The Morgan fingerprint density at radius 3 is 1.70 bits per heavy atom. The maximum absolute atomic E-state index is 5.48. The SMILES string of the molecule is CCCC(C)CCC(C)(c1ccc(OC)c(C)c1)c1ccc(OC)c(C)c1. The summed E-state index contributed by atoms with van der Waals surface area (Å²) in [5.41, 5.74) is 5.06. The van der Waals surface area contributed by atoms with Gasteiger partial charge in [-0.1, -0.05) is 57.9 Å². The van der Waals surface area contributed by atoms with Crippen molar-refractivity contribution in [1.82, 2.24) is 0 Å². The minimum atomic E-state index is -0.0317. The van der Waals surface area contributed by atoms with Crippen LogP contribution in [0, 0.1) is 19.8 Å². The molecule has 27 heavy (non-hydrogen) atoms. The van der Waals surface area contributed by atoms with Crippen molar-refractivity contribution in [1.29, 1.82) is 0 Å². The zero-order valence-corrected chi connectivity index (χ0v) is 18.2. The van der Waals surface area contributed by atoms with Gasteiger partial charge in [-0.15, -0.1) is 0 Å². The van der Waals surface area contributed by atoms with Gasteiger partial charge >= 0.3 is 0 Å². The Morgan fingerprint density at radius 2 is 1.33 bits per heavy atom. The third-order valence-corrected chi connectivity index (χ3v) is 5.98. The Labute approximate surface area is 165 Å². The molecule has 0 aliphatic carbocycles. The van der Waals surface area contributed by atoms with E-state index in [1.165, 1.54) is 41.5 Å². The zero-order chi connectivity index (χ0) is 20.0. The molecule has 0 bridgehead atoms. The van der Waals surface area contributed by atoms with Crippen molar-refractivity contribution in [3.8, 4) is 11.5 Å². The molecule has 1 atom stereocenters. The van der Waals surface area contributed by atoms with Crippen molar-refractivity contribution >= 4 is 0 Å². The van der Waals surface area contributed by atoms with E-state index < -0.39 is 0 Å². The number of rotatable bonds is 9. The predicted octanol–water partition coefficient (Wildman–Crippen LogP) is 6.84. The number of hydrogen-bond donors (Lipinski definition) is 0. The summed E-state index contributed by atoms with van der Waals surface area (Å²) in [6.07, 6.45) is 4.90.